The summed E-state index contributed by atoms with van der Waals surface area (Å²) in [5.41, 5.74) is 4.97. The number of aromatic amines is 1. The number of H-pyrrole nitrogens is 1. The van der Waals surface area contributed by atoms with Crippen molar-refractivity contribution in [1.29, 1.82) is 0 Å². The minimum atomic E-state index is -0.0662. The zero-order valence-corrected chi connectivity index (χ0v) is 11.9. The molecule has 0 aromatic carbocycles. The molecule has 3 rings (SSSR count). The zero-order chi connectivity index (χ0) is 14.8. The van der Waals surface area contributed by atoms with Crippen molar-refractivity contribution in [3.8, 4) is 22.8 Å². The molecule has 0 aliphatic heterocycles. The fourth-order valence-corrected chi connectivity index (χ4v) is 2.07. The summed E-state index contributed by atoms with van der Waals surface area (Å²) in [5.74, 6) is 0. The first-order valence-electron chi connectivity index (χ1n) is 6.72. The van der Waals surface area contributed by atoms with Crippen molar-refractivity contribution in [3.63, 3.8) is 0 Å². The molecule has 104 valence electrons. The van der Waals surface area contributed by atoms with Crippen molar-refractivity contribution in [1.82, 2.24) is 15.0 Å². The van der Waals surface area contributed by atoms with Crippen LogP contribution >= 0.6 is 0 Å². The van der Waals surface area contributed by atoms with Gasteiger partial charge in [-0.15, -0.1) is 0 Å². The van der Waals surface area contributed by atoms with Gasteiger partial charge in [-0.05, 0) is 37.1 Å². The number of hydrogen-bond acceptors (Lipinski definition) is 3. The largest absolute Gasteiger partial charge is 0.352 e. The zero-order valence-electron chi connectivity index (χ0n) is 11.9. The molecule has 4 heteroatoms. The molecule has 1 N–H and O–H groups in total. The van der Waals surface area contributed by atoms with Crippen LogP contribution in [0, 0.1) is 13.8 Å². The van der Waals surface area contributed by atoms with Crippen LogP contribution in [0.3, 0.4) is 0 Å². The molecule has 0 saturated heterocycles. The Morgan fingerprint density at radius 1 is 0.810 bits per heavy atom. The van der Waals surface area contributed by atoms with Crippen LogP contribution in [0.2, 0.25) is 0 Å². The maximum Gasteiger partial charge on any atom is 0.182 e. The summed E-state index contributed by atoms with van der Waals surface area (Å²) in [6.45, 7) is 3.96. The molecule has 4 nitrogen and oxygen atoms in total. The topological polar surface area (TPSA) is 58.6 Å². The van der Waals surface area contributed by atoms with Gasteiger partial charge in [-0.3, -0.25) is 14.8 Å². The number of pyridine rings is 3. The number of nitrogens with zero attached hydrogens (tertiary/aromatic N) is 2. The lowest BCUT2D eigenvalue weighted by atomic mass is 10.1. The van der Waals surface area contributed by atoms with E-state index in [1.54, 1.807) is 24.5 Å². The average molecular weight is 277 g/mol. The number of hydrogen-bond donors (Lipinski definition) is 1. The maximum absolute atomic E-state index is 11.9. The Labute approximate surface area is 122 Å². The molecule has 0 fully saturated rings. The van der Waals surface area contributed by atoms with Crippen LogP contribution in [0.5, 0.6) is 0 Å². The molecule has 0 atom stereocenters. The van der Waals surface area contributed by atoms with Gasteiger partial charge < -0.3 is 4.98 Å². The van der Waals surface area contributed by atoms with Crippen molar-refractivity contribution in [2.75, 3.05) is 0 Å². The number of nitrogens with one attached hydrogen (secondary N) is 1. The van der Waals surface area contributed by atoms with E-state index < -0.39 is 0 Å². The molecule has 0 aliphatic rings. The van der Waals surface area contributed by atoms with E-state index in [4.69, 9.17) is 0 Å². The summed E-state index contributed by atoms with van der Waals surface area (Å²) < 4.78 is 0. The van der Waals surface area contributed by atoms with Gasteiger partial charge in [-0.25, -0.2) is 0 Å². The maximum atomic E-state index is 11.9. The molecular weight excluding hydrogens is 262 g/mol. The Bertz CT molecular complexity index is 751. The number of aromatic nitrogens is 3. The number of rotatable bonds is 2. The van der Waals surface area contributed by atoms with Gasteiger partial charge in [0.05, 0.1) is 22.8 Å². The van der Waals surface area contributed by atoms with Crippen molar-refractivity contribution >= 4 is 0 Å². The Kier molecular flexibility index (Phi) is 3.36. The van der Waals surface area contributed by atoms with Gasteiger partial charge in [0.2, 0.25) is 0 Å². The first kappa shape index (κ1) is 13.2. The van der Waals surface area contributed by atoms with Crippen LogP contribution in [-0.2, 0) is 0 Å². The second-order valence-corrected chi connectivity index (χ2v) is 5.08. The first-order chi connectivity index (χ1) is 10.1. The third-order valence-corrected chi connectivity index (χ3v) is 3.22. The second kappa shape index (κ2) is 5.32. The van der Waals surface area contributed by atoms with E-state index in [1.807, 2.05) is 38.1 Å². The van der Waals surface area contributed by atoms with Crippen molar-refractivity contribution < 1.29 is 0 Å². The predicted molar refractivity (Wildman–Crippen MR) is 83.0 cm³/mol. The molecule has 0 amide bonds. The van der Waals surface area contributed by atoms with Crippen LogP contribution in [-0.4, -0.2) is 15.0 Å². The van der Waals surface area contributed by atoms with Crippen molar-refractivity contribution in [3.05, 3.63) is 70.1 Å². The molecule has 0 spiro atoms. The lowest BCUT2D eigenvalue weighted by Gasteiger charge is -2.06. The standard InChI is InChI=1S/C17H15N3O/c1-11-3-5-14(18-9-11)16-7-13(21)8-17(20-16)15-6-4-12(2)10-19-15/h3-10H,1-2H3,(H,20,21). The molecule has 0 unspecified atom stereocenters. The van der Waals surface area contributed by atoms with E-state index >= 15 is 0 Å². The Morgan fingerprint density at radius 3 is 1.67 bits per heavy atom. The Hall–Kier alpha value is -2.75. The highest BCUT2D eigenvalue weighted by Gasteiger charge is 2.06. The summed E-state index contributed by atoms with van der Waals surface area (Å²) >= 11 is 0. The smallest absolute Gasteiger partial charge is 0.182 e. The fourth-order valence-electron chi connectivity index (χ4n) is 2.07. The minimum Gasteiger partial charge on any atom is -0.352 e. The van der Waals surface area contributed by atoms with E-state index in [0.29, 0.717) is 11.4 Å². The fraction of sp³-hybridized carbons (Fsp3) is 0.118. The Morgan fingerprint density at radius 2 is 1.29 bits per heavy atom. The SMILES string of the molecule is Cc1ccc(-c2cc(=O)cc(-c3ccc(C)cn3)[nH]2)nc1. The van der Waals surface area contributed by atoms with E-state index in [-0.39, 0.29) is 5.43 Å². The quantitative estimate of drug-likeness (QED) is 0.783. The van der Waals surface area contributed by atoms with Gasteiger partial charge in [0.1, 0.15) is 0 Å². The first-order valence-corrected chi connectivity index (χ1v) is 6.72. The summed E-state index contributed by atoms with van der Waals surface area (Å²) in [6.07, 6.45) is 3.56. The summed E-state index contributed by atoms with van der Waals surface area (Å²) in [7, 11) is 0. The van der Waals surface area contributed by atoms with Gasteiger partial charge in [-0.2, -0.15) is 0 Å². The van der Waals surface area contributed by atoms with E-state index in [1.165, 1.54) is 0 Å². The van der Waals surface area contributed by atoms with Crippen LogP contribution in [0.15, 0.2) is 53.6 Å². The highest BCUT2D eigenvalue weighted by Crippen LogP contribution is 2.18. The highest BCUT2D eigenvalue weighted by molar-refractivity contribution is 5.61. The third kappa shape index (κ3) is 2.89. The highest BCUT2D eigenvalue weighted by atomic mass is 16.1. The monoisotopic (exact) mass is 277 g/mol. The molecule has 0 bridgehead atoms. The van der Waals surface area contributed by atoms with Gasteiger partial charge in [0.25, 0.3) is 0 Å². The molecule has 3 aromatic heterocycles. The average Bonchev–Trinajstić information content (AvgIpc) is 2.48. The molecule has 21 heavy (non-hydrogen) atoms. The van der Waals surface area contributed by atoms with Crippen molar-refractivity contribution in [2.45, 2.75) is 13.8 Å². The molecule has 0 radical (unpaired) electrons. The summed E-state index contributed by atoms with van der Waals surface area (Å²) in [6, 6.07) is 10.8. The lowest BCUT2D eigenvalue weighted by molar-refractivity contribution is 1.19. The summed E-state index contributed by atoms with van der Waals surface area (Å²) in [5, 5.41) is 0. The molecule has 0 aliphatic carbocycles. The third-order valence-electron chi connectivity index (χ3n) is 3.22. The second-order valence-electron chi connectivity index (χ2n) is 5.08. The van der Waals surface area contributed by atoms with Gasteiger partial charge in [0.15, 0.2) is 5.43 Å². The van der Waals surface area contributed by atoms with Gasteiger partial charge in [-0.1, -0.05) is 12.1 Å². The molecule has 3 heterocycles. The molecule has 3 aromatic rings. The lowest BCUT2D eigenvalue weighted by Crippen LogP contribution is -2.03. The van der Waals surface area contributed by atoms with Gasteiger partial charge >= 0.3 is 0 Å². The molecule has 0 saturated carbocycles. The normalized spacial score (nSPS) is 10.6. The van der Waals surface area contributed by atoms with Crippen LogP contribution in [0.4, 0.5) is 0 Å². The minimum absolute atomic E-state index is 0.0662. The van der Waals surface area contributed by atoms with E-state index in [2.05, 4.69) is 15.0 Å². The van der Waals surface area contributed by atoms with Crippen LogP contribution in [0.1, 0.15) is 11.1 Å². The van der Waals surface area contributed by atoms with Crippen LogP contribution in [0.25, 0.3) is 22.8 Å². The number of aryl methyl sites for hydroxylation is 2. The predicted octanol–water partition coefficient (Wildman–Crippen LogP) is 3.12. The van der Waals surface area contributed by atoms with Crippen LogP contribution < -0.4 is 5.43 Å². The van der Waals surface area contributed by atoms with E-state index in [0.717, 1.165) is 22.5 Å². The van der Waals surface area contributed by atoms with Crippen molar-refractivity contribution in [2.24, 2.45) is 0 Å². The summed E-state index contributed by atoms with van der Waals surface area (Å²) in [4.78, 5) is 23.8. The van der Waals surface area contributed by atoms with E-state index in [9.17, 15) is 4.79 Å². The van der Waals surface area contributed by atoms with Gasteiger partial charge in [0, 0.05) is 24.5 Å². The Balaban J connectivity index is 2.10. The molecular formula is C17H15N3O.